The van der Waals surface area contributed by atoms with E-state index in [0.29, 0.717) is 13.1 Å². The minimum atomic E-state index is -0.367. The molecule has 1 aliphatic heterocycles. The second-order valence-corrected chi connectivity index (χ2v) is 4.60. The molecule has 2 atom stereocenters. The molecule has 1 fully saturated rings. The van der Waals surface area contributed by atoms with Gasteiger partial charge in [0.15, 0.2) is 0 Å². The summed E-state index contributed by atoms with van der Waals surface area (Å²) in [6, 6.07) is 1.64. The largest absolute Gasteiger partial charge is 0.377 e. The maximum absolute atomic E-state index is 11.4. The van der Waals surface area contributed by atoms with Crippen molar-refractivity contribution in [2.75, 3.05) is 13.2 Å². The Labute approximate surface area is 105 Å². The lowest BCUT2D eigenvalue weighted by atomic mass is 10.1. The van der Waals surface area contributed by atoms with E-state index in [2.05, 4.69) is 17.2 Å². The first-order chi connectivity index (χ1) is 8.66. The number of nitrogens with one attached hydrogen (secondary N) is 2. The molecule has 2 heterocycles. The zero-order valence-corrected chi connectivity index (χ0v) is 10.5. The third kappa shape index (κ3) is 3.30. The van der Waals surface area contributed by atoms with Crippen molar-refractivity contribution in [1.82, 2.24) is 14.9 Å². The van der Waals surface area contributed by atoms with Crippen molar-refractivity contribution in [2.24, 2.45) is 0 Å². The standard InChI is InChI=1S/C12H19N3O3/c1-9(10-3-2-8-18-10)13-5-7-15-6-4-11(16)14-12(15)17/h4,6,9-10,13H,2-3,5,7-8H2,1H3,(H,14,16,17). The molecule has 0 aliphatic carbocycles. The van der Waals surface area contributed by atoms with Gasteiger partial charge in [-0.25, -0.2) is 4.79 Å². The third-order valence-corrected chi connectivity index (χ3v) is 3.24. The minimum absolute atomic E-state index is 0.275. The smallest absolute Gasteiger partial charge is 0.328 e. The first-order valence-electron chi connectivity index (χ1n) is 6.31. The van der Waals surface area contributed by atoms with Gasteiger partial charge in [-0.05, 0) is 19.8 Å². The summed E-state index contributed by atoms with van der Waals surface area (Å²) in [4.78, 5) is 24.6. The predicted octanol–water partition coefficient (Wildman–Crippen LogP) is -0.306. The van der Waals surface area contributed by atoms with E-state index in [9.17, 15) is 9.59 Å². The minimum Gasteiger partial charge on any atom is -0.377 e. The molecule has 0 amide bonds. The van der Waals surface area contributed by atoms with Crippen molar-refractivity contribution < 1.29 is 4.74 Å². The summed E-state index contributed by atoms with van der Waals surface area (Å²) in [5.41, 5.74) is -0.731. The second-order valence-electron chi connectivity index (χ2n) is 4.60. The number of hydrogen-bond acceptors (Lipinski definition) is 4. The first-order valence-corrected chi connectivity index (χ1v) is 6.31. The summed E-state index contributed by atoms with van der Waals surface area (Å²) in [6.45, 7) is 4.14. The number of ether oxygens (including phenoxy) is 1. The molecule has 1 aliphatic rings. The SMILES string of the molecule is CC(NCCn1ccc(=O)[nH]c1=O)C1CCCO1. The van der Waals surface area contributed by atoms with E-state index in [-0.39, 0.29) is 23.4 Å². The summed E-state index contributed by atoms with van der Waals surface area (Å²) < 4.78 is 7.06. The molecular formula is C12H19N3O3. The van der Waals surface area contributed by atoms with Crippen LogP contribution in [0, 0.1) is 0 Å². The fourth-order valence-electron chi connectivity index (χ4n) is 2.16. The number of H-pyrrole nitrogens is 1. The molecule has 18 heavy (non-hydrogen) atoms. The van der Waals surface area contributed by atoms with Crippen LogP contribution in [-0.4, -0.2) is 34.8 Å². The van der Waals surface area contributed by atoms with Crippen LogP contribution in [-0.2, 0) is 11.3 Å². The highest BCUT2D eigenvalue weighted by Crippen LogP contribution is 2.14. The average molecular weight is 253 g/mol. The average Bonchev–Trinajstić information content (AvgIpc) is 2.85. The van der Waals surface area contributed by atoms with Crippen molar-refractivity contribution in [1.29, 1.82) is 0 Å². The highest BCUT2D eigenvalue weighted by molar-refractivity contribution is 4.83. The van der Waals surface area contributed by atoms with E-state index in [0.717, 1.165) is 19.4 Å². The summed E-state index contributed by atoms with van der Waals surface area (Å²) in [7, 11) is 0. The molecule has 0 aromatic carbocycles. The van der Waals surface area contributed by atoms with Gasteiger partial charge in [0.1, 0.15) is 0 Å². The van der Waals surface area contributed by atoms with Gasteiger partial charge in [0.2, 0.25) is 0 Å². The number of rotatable bonds is 5. The van der Waals surface area contributed by atoms with Crippen molar-refractivity contribution in [2.45, 2.75) is 38.5 Å². The fourth-order valence-corrected chi connectivity index (χ4v) is 2.16. The Bertz CT molecular complexity index is 488. The van der Waals surface area contributed by atoms with E-state index < -0.39 is 0 Å². The molecule has 0 radical (unpaired) electrons. The van der Waals surface area contributed by atoms with Gasteiger partial charge in [-0.1, -0.05) is 0 Å². The van der Waals surface area contributed by atoms with E-state index >= 15 is 0 Å². The van der Waals surface area contributed by atoms with Crippen molar-refractivity contribution in [3.05, 3.63) is 33.1 Å². The Morgan fingerprint density at radius 3 is 3.11 bits per heavy atom. The number of aromatic amines is 1. The monoisotopic (exact) mass is 253 g/mol. The lowest BCUT2D eigenvalue weighted by molar-refractivity contribution is 0.0835. The van der Waals surface area contributed by atoms with Crippen LogP contribution in [0.3, 0.4) is 0 Å². The van der Waals surface area contributed by atoms with E-state index in [4.69, 9.17) is 4.74 Å². The van der Waals surface area contributed by atoms with Gasteiger partial charge in [-0.15, -0.1) is 0 Å². The number of aromatic nitrogens is 2. The molecule has 6 heteroatoms. The van der Waals surface area contributed by atoms with Crippen LogP contribution in [0.15, 0.2) is 21.9 Å². The Kier molecular flexibility index (Phi) is 4.33. The van der Waals surface area contributed by atoms with Crippen LogP contribution in [0.5, 0.6) is 0 Å². The zero-order chi connectivity index (χ0) is 13.0. The molecule has 100 valence electrons. The van der Waals surface area contributed by atoms with Crippen molar-refractivity contribution >= 4 is 0 Å². The van der Waals surface area contributed by atoms with Gasteiger partial charge in [-0.2, -0.15) is 0 Å². The second kappa shape index (κ2) is 5.97. The van der Waals surface area contributed by atoms with E-state index in [1.165, 1.54) is 16.8 Å². The summed E-state index contributed by atoms with van der Waals surface area (Å²) in [5.74, 6) is 0. The molecule has 1 saturated heterocycles. The van der Waals surface area contributed by atoms with Crippen LogP contribution < -0.4 is 16.6 Å². The summed E-state index contributed by atoms with van der Waals surface area (Å²) in [5, 5.41) is 3.34. The third-order valence-electron chi connectivity index (χ3n) is 3.24. The van der Waals surface area contributed by atoms with Crippen LogP contribution in [0.4, 0.5) is 0 Å². The molecule has 6 nitrogen and oxygen atoms in total. The molecular weight excluding hydrogens is 234 g/mol. The van der Waals surface area contributed by atoms with Gasteiger partial charge in [-0.3, -0.25) is 14.3 Å². The zero-order valence-electron chi connectivity index (χ0n) is 10.5. The van der Waals surface area contributed by atoms with E-state index in [1.54, 1.807) is 0 Å². The Morgan fingerprint density at radius 1 is 1.61 bits per heavy atom. The van der Waals surface area contributed by atoms with Crippen LogP contribution >= 0.6 is 0 Å². The van der Waals surface area contributed by atoms with Crippen LogP contribution in [0.1, 0.15) is 19.8 Å². The summed E-state index contributed by atoms with van der Waals surface area (Å²) >= 11 is 0. The van der Waals surface area contributed by atoms with Crippen molar-refractivity contribution in [3.63, 3.8) is 0 Å². The first kappa shape index (κ1) is 13.0. The molecule has 2 unspecified atom stereocenters. The predicted molar refractivity (Wildman–Crippen MR) is 67.8 cm³/mol. The topological polar surface area (TPSA) is 76.1 Å². The molecule has 0 bridgehead atoms. The molecule has 1 aromatic heterocycles. The Hall–Kier alpha value is -1.40. The lowest BCUT2D eigenvalue weighted by Gasteiger charge is -2.20. The number of hydrogen-bond donors (Lipinski definition) is 2. The van der Waals surface area contributed by atoms with Gasteiger partial charge in [0, 0.05) is 38.0 Å². The van der Waals surface area contributed by atoms with Gasteiger partial charge >= 0.3 is 5.69 Å². The van der Waals surface area contributed by atoms with Gasteiger partial charge in [0.25, 0.3) is 5.56 Å². The summed E-state index contributed by atoms with van der Waals surface area (Å²) in [6.07, 6.45) is 4.00. The molecule has 0 spiro atoms. The highest BCUT2D eigenvalue weighted by atomic mass is 16.5. The van der Waals surface area contributed by atoms with E-state index in [1.807, 2.05) is 0 Å². The Morgan fingerprint density at radius 2 is 2.44 bits per heavy atom. The van der Waals surface area contributed by atoms with Crippen LogP contribution in [0.2, 0.25) is 0 Å². The quantitative estimate of drug-likeness (QED) is 0.755. The highest BCUT2D eigenvalue weighted by Gasteiger charge is 2.21. The molecule has 1 aromatic rings. The van der Waals surface area contributed by atoms with Crippen LogP contribution in [0.25, 0.3) is 0 Å². The fraction of sp³-hybridized carbons (Fsp3) is 0.667. The lowest BCUT2D eigenvalue weighted by Crippen LogP contribution is -2.40. The molecule has 2 N–H and O–H groups in total. The molecule has 2 rings (SSSR count). The maximum Gasteiger partial charge on any atom is 0.328 e. The Balaban J connectivity index is 1.81. The normalized spacial score (nSPS) is 21.1. The van der Waals surface area contributed by atoms with Gasteiger partial charge in [0.05, 0.1) is 6.10 Å². The molecule has 0 saturated carbocycles. The number of nitrogens with zero attached hydrogens (tertiary/aromatic N) is 1. The maximum atomic E-state index is 11.4. The van der Waals surface area contributed by atoms with Gasteiger partial charge < -0.3 is 10.1 Å². The van der Waals surface area contributed by atoms with Crippen molar-refractivity contribution in [3.8, 4) is 0 Å².